The van der Waals surface area contributed by atoms with Gasteiger partial charge >= 0.3 is 0 Å². The summed E-state index contributed by atoms with van der Waals surface area (Å²) in [5.41, 5.74) is 1.43. The molecule has 1 amide bonds. The van der Waals surface area contributed by atoms with Crippen LogP contribution in [0.5, 0.6) is 5.75 Å². The highest BCUT2D eigenvalue weighted by Crippen LogP contribution is 2.31. The van der Waals surface area contributed by atoms with Crippen molar-refractivity contribution >= 4 is 34.1 Å². The molecule has 1 aromatic heterocycles. The zero-order valence-corrected chi connectivity index (χ0v) is 16.1. The molecule has 0 aliphatic carbocycles. The first kappa shape index (κ1) is 18.8. The second-order valence-corrected chi connectivity index (χ2v) is 7.00. The molecule has 6 heteroatoms. The van der Waals surface area contributed by atoms with Crippen molar-refractivity contribution in [2.24, 2.45) is 0 Å². The first-order chi connectivity index (χ1) is 14.0. The van der Waals surface area contributed by atoms with Gasteiger partial charge in [-0.15, -0.1) is 0 Å². The summed E-state index contributed by atoms with van der Waals surface area (Å²) in [6.45, 7) is 0.499. The monoisotopic (exact) mass is 404 g/mol. The van der Waals surface area contributed by atoms with Gasteiger partial charge in [0.15, 0.2) is 0 Å². The van der Waals surface area contributed by atoms with Crippen molar-refractivity contribution < 1.29 is 9.90 Å². The molecular formula is C23H17ClN2O3. The topological polar surface area (TPSA) is 71.3 Å². The van der Waals surface area contributed by atoms with Crippen molar-refractivity contribution in [3.05, 3.63) is 105 Å². The molecule has 4 rings (SSSR count). The number of halogens is 1. The summed E-state index contributed by atoms with van der Waals surface area (Å²) in [4.78, 5) is 25.9. The Morgan fingerprint density at radius 1 is 0.966 bits per heavy atom. The highest BCUT2D eigenvalue weighted by Gasteiger charge is 2.18. The largest absolute Gasteiger partial charge is 0.506 e. The minimum Gasteiger partial charge on any atom is -0.506 e. The molecule has 5 nitrogen and oxygen atoms in total. The molecule has 4 aromatic rings. The van der Waals surface area contributed by atoms with E-state index < -0.39 is 5.91 Å². The number of carbonyl (C=O) groups is 1. The van der Waals surface area contributed by atoms with Crippen LogP contribution < -0.4 is 10.7 Å². The molecular weight excluding hydrogens is 388 g/mol. The van der Waals surface area contributed by atoms with Gasteiger partial charge < -0.3 is 15.0 Å². The molecule has 29 heavy (non-hydrogen) atoms. The maximum atomic E-state index is 13.0. The lowest BCUT2D eigenvalue weighted by Crippen LogP contribution is -2.24. The van der Waals surface area contributed by atoms with Crippen LogP contribution in [0.25, 0.3) is 10.9 Å². The van der Waals surface area contributed by atoms with E-state index in [2.05, 4.69) is 5.32 Å². The number of nitrogens with one attached hydrogen (secondary N) is 1. The standard InChI is InChI=1S/C23H17ClN2O3/c24-18-10-6-12-20(27)21(18)25-23(29)17-14-26(13-15-7-2-1-3-8-15)19-11-5-4-9-16(19)22(17)28/h1-12,14,27H,13H2,(H,25,29). The van der Waals surface area contributed by atoms with Crippen LogP contribution in [0.1, 0.15) is 15.9 Å². The number of phenolic OH excluding ortho intramolecular Hbond substituents is 1. The van der Waals surface area contributed by atoms with Gasteiger partial charge in [0.1, 0.15) is 17.0 Å². The summed E-state index contributed by atoms with van der Waals surface area (Å²) in [6, 6.07) is 21.5. The predicted octanol–water partition coefficient (Wildman–Crippen LogP) is 4.66. The van der Waals surface area contributed by atoms with Crippen LogP contribution in [0.15, 0.2) is 83.8 Å². The van der Waals surface area contributed by atoms with E-state index in [9.17, 15) is 14.7 Å². The van der Waals surface area contributed by atoms with Crippen LogP contribution >= 0.6 is 11.6 Å². The third kappa shape index (κ3) is 3.73. The number of carbonyl (C=O) groups excluding carboxylic acids is 1. The molecule has 1 heterocycles. The van der Waals surface area contributed by atoms with Gasteiger partial charge in [-0.05, 0) is 29.8 Å². The number of fused-ring (bicyclic) bond motifs is 1. The zero-order valence-electron chi connectivity index (χ0n) is 15.3. The normalized spacial score (nSPS) is 10.8. The number of phenols is 1. The Balaban J connectivity index is 1.81. The average Bonchev–Trinajstić information content (AvgIpc) is 2.73. The molecule has 2 N–H and O–H groups in total. The van der Waals surface area contributed by atoms with E-state index in [-0.39, 0.29) is 27.5 Å². The van der Waals surface area contributed by atoms with E-state index in [1.165, 1.54) is 6.07 Å². The van der Waals surface area contributed by atoms with Crippen LogP contribution in [-0.2, 0) is 6.54 Å². The number of hydrogen-bond acceptors (Lipinski definition) is 3. The SMILES string of the molecule is O=C(Nc1c(O)cccc1Cl)c1cn(Cc2ccccc2)c2ccccc2c1=O. The summed E-state index contributed by atoms with van der Waals surface area (Å²) in [7, 11) is 0. The fraction of sp³-hybridized carbons (Fsp3) is 0.0435. The van der Waals surface area contributed by atoms with Gasteiger partial charge in [-0.1, -0.05) is 60.1 Å². The lowest BCUT2D eigenvalue weighted by molar-refractivity contribution is 0.102. The fourth-order valence-electron chi connectivity index (χ4n) is 3.24. The van der Waals surface area contributed by atoms with Gasteiger partial charge in [0, 0.05) is 18.1 Å². The third-order valence-electron chi connectivity index (χ3n) is 4.66. The molecule has 144 valence electrons. The summed E-state index contributed by atoms with van der Waals surface area (Å²) in [5.74, 6) is -0.804. The van der Waals surface area contributed by atoms with Crippen molar-refractivity contribution in [3.8, 4) is 5.75 Å². The van der Waals surface area contributed by atoms with E-state index >= 15 is 0 Å². The van der Waals surface area contributed by atoms with Gasteiger partial charge in [-0.3, -0.25) is 9.59 Å². The minimum atomic E-state index is -0.633. The van der Waals surface area contributed by atoms with Crippen molar-refractivity contribution in [1.29, 1.82) is 0 Å². The number of aromatic nitrogens is 1. The number of para-hydroxylation sites is 2. The second-order valence-electron chi connectivity index (χ2n) is 6.59. The van der Waals surface area contributed by atoms with E-state index in [1.807, 2.05) is 47.0 Å². The lowest BCUT2D eigenvalue weighted by atomic mass is 10.1. The Kier molecular flexibility index (Phi) is 5.06. The molecule has 0 fully saturated rings. The van der Waals surface area contributed by atoms with Crippen LogP contribution in [-0.4, -0.2) is 15.6 Å². The Labute approximate surface area is 171 Å². The molecule has 3 aromatic carbocycles. The van der Waals surface area contributed by atoms with Crippen LogP contribution in [0.2, 0.25) is 5.02 Å². The van der Waals surface area contributed by atoms with Crippen LogP contribution in [0.3, 0.4) is 0 Å². The second kappa shape index (κ2) is 7.81. The molecule has 0 bridgehead atoms. The van der Waals surface area contributed by atoms with Crippen LogP contribution in [0.4, 0.5) is 5.69 Å². The van der Waals surface area contributed by atoms with E-state index in [0.717, 1.165) is 11.1 Å². The van der Waals surface area contributed by atoms with Gasteiger partial charge in [0.25, 0.3) is 5.91 Å². The van der Waals surface area contributed by atoms with Crippen molar-refractivity contribution in [2.45, 2.75) is 6.54 Å². The summed E-state index contributed by atoms with van der Waals surface area (Å²) >= 11 is 6.08. The van der Waals surface area contributed by atoms with Crippen molar-refractivity contribution in [1.82, 2.24) is 4.57 Å². The smallest absolute Gasteiger partial charge is 0.261 e. The lowest BCUT2D eigenvalue weighted by Gasteiger charge is -2.14. The van der Waals surface area contributed by atoms with E-state index in [1.54, 1.807) is 30.5 Å². The molecule has 0 unspecified atom stereocenters. The molecule has 0 atom stereocenters. The van der Waals surface area contributed by atoms with Crippen molar-refractivity contribution in [3.63, 3.8) is 0 Å². The van der Waals surface area contributed by atoms with Gasteiger partial charge in [0.2, 0.25) is 5.43 Å². The van der Waals surface area contributed by atoms with Gasteiger partial charge in [-0.25, -0.2) is 0 Å². The first-order valence-electron chi connectivity index (χ1n) is 8.99. The van der Waals surface area contributed by atoms with Gasteiger partial charge in [-0.2, -0.15) is 0 Å². The quantitative estimate of drug-likeness (QED) is 0.486. The average molecular weight is 405 g/mol. The third-order valence-corrected chi connectivity index (χ3v) is 4.97. The predicted molar refractivity (Wildman–Crippen MR) is 115 cm³/mol. The van der Waals surface area contributed by atoms with Gasteiger partial charge in [0.05, 0.1) is 10.5 Å². The Hall–Kier alpha value is -3.57. The number of amides is 1. The molecule has 0 radical (unpaired) electrons. The highest BCUT2D eigenvalue weighted by molar-refractivity contribution is 6.34. The molecule has 0 saturated carbocycles. The number of rotatable bonds is 4. The summed E-state index contributed by atoms with van der Waals surface area (Å²) in [5, 5.41) is 13.2. The Morgan fingerprint density at radius 2 is 1.69 bits per heavy atom. The Bertz CT molecular complexity index is 1250. The summed E-state index contributed by atoms with van der Waals surface area (Å²) in [6.07, 6.45) is 1.54. The number of aromatic hydroxyl groups is 1. The molecule has 0 spiro atoms. The highest BCUT2D eigenvalue weighted by atomic mass is 35.5. The Morgan fingerprint density at radius 3 is 2.45 bits per heavy atom. The fourth-order valence-corrected chi connectivity index (χ4v) is 3.45. The molecule has 0 saturated heterocycles. The maximum Gasteiger partial charge on any atom is 0.261 e. The van der Waals surface area contributed by atoms with Crippen LogP contribution in [0, 0.1) is 0 Å². The summed E-state index contributed by atoms with van der Waals surface area (Å²) < 4.78 is 1.87. The van der Waals surface area contributed by atoms with E-state index in [0.29, 0.717) is 11.9 Å². The number of nitrogens with zero attached hydrogens (tertiary/aromatic N) is 1. The van der Waals surface area contributed by atoms with Crippen molar-refractivity contribution in [2.75, 3.05) is 5.32 Å². The molecule has 0 aliphatic rings. The number of anilines is 1. The number of hydrogen-bond donors (Lipinski definition) is 2. The van der Waals surface area contributed by atoms with E-state index in [4.69, 9.17) is 11.6 Å². The zero-order chi connectivity index (χ0) is 20.4. The number of benzene rings is 3. The minimum absolute atomic E-state index is 0.0287. The number of pyridine rings is 1. The molecule has 0 aliphatic heterocycles. The first-order valence-corrected chi connectivity index (χ1v) is 9.37. The maximum absolute atomic E-state index is 13.0.